The summed E-state index contributed by atoms with van der Waals surface area (Å²) in [6, 6.07) is 0. The molecule has 1 heteroatoms. The van der Waals surface area contributed by atoms with Crippen LogP contribution in [0.25, 0.3) is 0 Å². The third-order valence-electron chi connectivity index (χ3n) is 4.55. The molecule has 82 valence electrons. The first-order valence-electron chi connectivity index (χ1n) is 6.02. The van der Waals surface area contributed by atoms with Gasteiger partial charge < -0.3 is 4.74 Å². The molecule has 2 bridgehead atoms. The fourth-order valence-corrected chi connectivity index (χ4v) is 3.87. The summed E-state index contributed by atoms with van der Waals surface area (Å²) in [6.45, 7) is 11.5. The average Bonchev–Trinajstić information content (AvgIpc) is 2.49. The lowest BCUT2D eigenvalue weighted by Crippen LogP contribution is -2.43. The monoisotopic (exact) mass is 196 g/mol. The van der Waals surface area contributed by atoms with Crippen LogP contribution < -0.4 is 0 Å². The van der Waals surface area contributed by atoms with Gasteiger partial charge in [0.25, 0.3) is 0 Å². The zero-order valence-corrected chi connectivity index (χ0v) is 10.3. The Morgan fingerprint density at radius 2 is 1.86 bits per heavy atom. The normalized spacial score (nSPS) is 45.0. The van der Waals surface area contributed by atoms with E-state index in [1.165, 1.54) is 19.3 Å². The fraction of sp³-hybridized carbons (Fsp3) is 1.00. The lowest BCUT2D eigenvalue weighted by atomic mass is 9.70. The van der Waals surface area contributed by atoms with Gasteiger partial charge in [-0.05, 0) is 49.9 Å². The summed E-state index contributed by atoms with van der Waals surface area (Å²) in [6.07, 6.45) is 5.03. The second-order valence-electron chi connectivity index (χ2n) is 6.48. The first-order chi connectivity index (χ1) is 6.36. The second-order valence-corrected chi connectivity index (χ2v) is 6.48. The van der Waals surface area contributed by atoms with Crippen LogP contribution in [0.5, 0.6) is 0 Å². The predicted octanol–water partition coefficient (Wildman–Crippen LogP) is 3.63. The molecule has 0 aromatic heterocycles. The fourth-order valence-electron chi connectivity index (χ4n) is 3.87. The standard InChI is InChI=1S/C13H24O/c1-9(2)14-11-12(3,4)10-6-7-13(11,5)8-10/h9-11H,6-8H2,1-5H3. The predicted molar refractivity (Wildman–Crippen MR) is 59.2 cm³/mol. The van der Waals surface area contributed by atoms with Crippen molar-refractivity contribution in [3.8, 4) is 0 Å². The van der Waals surface area contributed by atoms with Crippen molar-refractivity contribution in [1.82, 2.24) is 0 Å². The molecule has 0 heterocycles. The van der Waals surface area contributed by atoms with E-state index in [1.807, 2.05) is 0 Å². The molecule has 0 saturated heterocycles. The van der Waals surface area contributed by atoms with Gasteiger partial charge in [0.2, 0.25) is 0 Å². The summed E-state index contributed by atoms with van der Waals surface area (Å²) < 4.78 is 6.16. The maximum Gasteiger partial charge on any atom is 0.0685 e. The highest BCUT2D eigenvalue weighted by Gasteiger charge is 2.60. The van der Waals surface area contributed by atoms with Gasteiger partial charge in [0.1, 0.15) is 0 Å². The van der Waals surface area contributed by atoms with E-state index in [-0.39, 0.29) is 0 Å². The molecule has 3 atom stereocenters. The largest absolute Gasteiger partial charge is 0.374 e. The molecule has 2 rings (SSSR count). The number of ether oxygens (including phenoxy) is 1. The molecule has 0 aliphatic heterocycles. The van der Waals surface area contributed by atoms with Crippen molar-refractivity contribution in [3.63, 3.8) is 0 Å². The quantitative estimate of drug-likeness (QED) is 0.655. The van der Waals surface area contributed by atoms with Gasteiger partial charge in [-0.25, -0.2) is 0 Å². The van der Waals surface area contributed by atoms with Gasteiger partial charge in [-0.1, -0.05) is 20.8 Å². The van der Waals surface area contributed by atoms with Gasteiger partial charge in [-0.3, -0.25) is 0 Å². The van der Waals surface area contributed by atoms with Gasteiger partial charge in [0.15, 0.2) is 0 Å². The Balaban J connectivity index is 2.21. The van der Waals surface area contributed by atoms with Crippen LogP contribution >= 0.6 is 0 Å². The van der Waals surface area contributed by atoms with Gasteiger partial charge in [0.05, 0.1) is 12.2 Å². The van der Waals surface area contributed by atoms with Gasteiger partial charge >= 0.3 is 0 Å². The van der Waals surface area contributed by atoms with Gasteiger partial charge in [-0.15, -0.1) is 0 Å². The molecule has 2 fully saturated rings. The molecule has 2 aliphatic rings. The third-order valence-corrected chi connectivity index (χ3v) is 4.55. The number of fused-ring (bicyclic) bond motifs is 2. The van der Waals surface area contributed by atoms with Crippen molar-refractivity contribution >= 4 is 0 Å². The summed E-state index contributed by atoms with van der Waals surface area (Å²) in [4.78, 5) is 0. The topological polar surface area (TPSA) is 9.23 Å². The van der Waals surface area contributed by atoms with Crippen molar-refractivity contribution in [1.29, 1.82) is 0 Å². The summed E-state index contributed by atoms with van der Waals surface area (Å²) in [5.41, 5.74) is 0.871. The Morgan fingerprint density at radius 1 is 1.21 bits per heavy atom. The Labute approximate surface area is 88.2 Å². The van der Waals surface area contributed by atoms with Crippen molar-refractivity contribution in [2.45, 2.75) is 66.1 Å². The lowest BCUT2D eigenvalue weighted by Gasteiger charge is -2.43. The van der Waals surface area contributed by atoms with E-state index in [1.54, 1.807) is 0 Å². The zero-order chi connectivity index (χ0) is 10.6. The molecule has 0 aromatic carbocycles. The lowest BCUT2D eigenvalue weighted by molar-refractivity contribution is -0.113. The molecular weight excluding hydrogens is 172 g/mol. The maximum absolute atomic E-state index is 6.16. The second kappa shape index (κ2) is 2.98. The summed E-state index contributed by atoms with van der Waals surface area (Å²) >= 11 is 0. The smallest absolute Gasteiger partial charge is 0.0685 e. The maximum atomic E-state index is 6.16. The average molecular weight is 196 g/mol. The number of rotatable bonds is 2. The summed E-state index contributed by atoms with van der Waals surface area (Å²) in [5.74, 6) is 0.899. The minimum atomic E-state index is 0.371. The summed E-state index contributed by atoms with van der Waals surface area (Å²) in [7, 11) is 0. The molecule has 0 N–H and O–H groups in total. The van der Waals surface area contributed by atoms with Crippen LogP contribution in [0.1, 0.15) is 53.9 Å². The Morgan fingerprint density at radius 3 is 2.29 bits per heavy atom. The molecule has 0 radical (unpaired) electrons. The van der Waals surface area contributed by atoms with E-state index < -0.39 is 0 Å². The molecular formula is C13H24O. The van der Waals surface area contributed by atoms with Crippen LogP contribution in [0.4, 0.5) is 0 Å². The molecule has 0 spiro atoms. The van der Waals surface area contributed by atoms with E-state index in [9.17, 15) is 0 Å². The van der Waals surface area contributed by atoms with Crippen LogP contribution in [0.3, 0.4) is 0 Å². The minimum absolute atomic E-state index is 0.371. The molecule has 2 aliphatic carbocycles. The molecule has 14 heavy (non-hydrogen) atoms. The Hall–Kier alpha value is -0.0400. The van der Waals surface area contributed by atoms with Crippen molar-refractivity contribution in [2.75, 3.05) is 0 Å². The minimum Gasteiger partial charge on any atom is -0.374 e. The number of hydrogen-bond acceptors (Lipinski definition) is 1. The van der Waals surface area contributed by atoms with E-state index in [0.29, 0.717) is 23.0 Å². The van der Waals surface area contributed by atoms with Crippen molar-refractivity contribution in [3.05, 3.63) is 0 Å². The van der Waals surface area contributed by atoms with Crippen LogP contribution in [0.2, 0.25) is 0 Å². The van der Waals surface area contributed by atoms with E-state index >= 15 is 0 Å². The molecule has 1 nitrogen and oxygen atoms in total. The molecule has 2 saturated carbocycles. The van der Waals surface area contributed by atoms with E-state index in [2.05, 4.69) is 34.6 Å². The number of hydrogen-bond donors (Lipinski definition) is 0. The van der Waals surface area contributed by atoms with E-state index in [0.717, 1.165) is 5.92 Å². The molecule has 0 amide bonds. The van der Waals surface area contributed by atoms with Crippen LogP contribution in [-0.4, -0.2) is 12.2 Å². The summed E-state index contributed by atoms with van der Waals surface area (Å²) in [5, 5.41) is 0. The Kier molecular flexibility index (Phi) is 2.23. The van der Waals surface area contributed by atoms with Crippen molar-refractivity contribution < 1.29 is 4.74 Å². The van der Waals surface area contributed by atoms with Crippen molar-refractivity contribution in [2.24, 2.45) is 16.7 Å². The SMILES string of the molecule is CC(C)OC1C2(C)CCC(C2)C1(C)C. The first-order valence-corrected chi connectivity index (χ1v) is 6.02. The van der Waals surface area contributed by atoms with Crippen LogP contribution in [-0.2, 0) is 4.74 Å². The van der Waals surface area contributed by atoms with E-state index in [4.69, 9.17) is 4.74 Å². The van der Waals surface area contributed by atoms with Gasteiger partial charge in [0, 0.05) is 0 Å². The van der Waals surface area contributed by atoms with Crippen LogP contribution in [0.15, 0.2) is 0 Å². The highest BCUT2D eigenvalue weighted by atomic mass is 16.5. The zero-order valence-electron chi connectivity index (χ0n) is 10.3. The first kappa shape index (κ1) is 10.5. The highest BCUT2D eigenvalue weighted by molar-refractivity contribution is 5.09. The third kappa shape index (κ3) is 1.32. The van der Waals surface area contributed by atoms with Crippen LogP contribution in [0, 0.1) is 16.7 Å². The Bertz CT molecular complexity index is 227. The molecule has 0 aromatic rings. The highest BCUT2D eigenvalue weighted by Crippen LogP contribution is 2.63. The molecule has 3 unspecified atom stereocenters. The van der Waals surface area contributed by atoms with Gasteiger partial charge in [-0.2, -0.15) is 0 Å².